The summed E-state index contributed by atoms with van der Waals surface area (Å²) in [7, 11) is 0. The zero-order valence-corrected chi connectivity index (χ0v) is 19.4. The van der Waals surface area contributed by atoms with E-state index < -0.39 is 11.9 Å². The van der Waals surface area contributed by atoms with E-state index in [1.165, 1.54) is 53.9 Å². The van der Waals surface area contributed by atoms with Crippen LogP contribution in [0.2, 0.25) is 0 Å². The molecule has 0 saturated carbocycles. The number of amides is 3. The summed E-state index contributed by atoms with van der Waals surface area (Å²) in [6, 6.07) is 14.6. The van der Waals surface area contributed by atoms with Gasteiger partial charge in [-0.2, -0.15) is 0 Å². The first-order chi connectivity index (χ1) is 17.0. The minimum atomic E-state index is -0.611. The number of fused-ring (bicyclic) bond motifs is 2. The van der Waals surface area contributed by atoms with E-state index in [9.17, 15) is 19.5 Å². The topological polar surface area (TPSA) is 103 Å². The maximum atomic E-state index is 12.2. The molecule has 3 aromatic rings. The smallest absolute Gasteiger partial charge is 0.255 e. The van der Waals surface area contributed by atoms with Crippen molar-refractivity contribution in [3.05, 3.63) is 71.4 Å². The van der Waals surface area contributed by atoms with Crippen LogP contribution < -0.4 is 5.32 Å². The fraction of sp³-hybridized carbons (Fsp3) is 0.333. The van der Waals surface area contributed by atoms with Crippen molar-refractivity contribution >= 4 is 28.6 Å². The maximum absolute atomic E-state index is 12.2. The molecular weight excluding hydrogens is 444 g/mol. The SMILES string of the molecule is O=C1CCC(N2Cc3cc(O)ccc3C2=O)C(=O)N1.[HH].c1cnc2cc(CN3CCCC3)ccc2c1. The third-order valence-corrected chi connectivity index (χ3v) is 6.78. The van der Waals surface area contributed by atoms with E-state index in [1.807, 2.05) is 12.3 Å². The molecule has 0 bridgehead atoms. The van der Waals surface area contributed by atoms with Crippen LogP contribution in [0.3, 0.4) is 0 Å². The van der Waals surface area contributed by atoms with Gasteiger partial charge < -0.3 is 10.0 Å². The van der Waals surface area contributed by atoms with Crippen molar-refractivity contribution in [2.45, 2.75) is 44.8 Å². The molecule has 1 atom stereocenters. The van der Waals surface area contributed by atoms with E-state index in [-0.39, 0.29) is 32.0 Å². The van der Waals surface area contributed by atoms with E-state index >= 15 is 0 Å². The number of pyridine rings is 1. The number of benzene rings is 2. The molecule has 1 unspecified atom stereocenters. The first kappa shape index (κ1) is 23.0. The highest BCUT2D eigenvalue weighted by atomic mass is 16.3. The van der Waals surface area contributed by atoms with Gasteiger partial charge in [0.2, 0.25) is 11.8 Å². The van der Waals surface area contributed by atoms with Gasteiger partial charge in [0.1, 0.15) is 11.8 Å². The molecule has 1 aromatic heterocycles. The molecule has 2 fully saturated rings. The second-order valence-corrected chi connectivity index (χ2v) is 9.26. The van der Waals surface area contributed by atoms with E-state index in [1.54, 1.807) is 6.07 Å². The lowest BCUT2D eigenvalue weighted by atomic mass is 10.0. The molecule has 35 heavy (non-hydrogen) atoms. The molecule has 0 spiro atoms. The zero-order chi connectivity index (χ0) is 24.4. The Morgan fingerprint density at radius 2 is 1.89 bits per heavy atom. The van der Waals surface area contributed by atoms with Gasteiger partial charge >= 0.3 is 0 Å². The molecule has 2 saturated heterocycles. The number of rotatable bonds is 3. The molecule has 0 aliphatic carbocycles. The minimum Gasteiger partial charge on any atom is -0.508 e. The summed E-state index contributed by atoms with van der Waals surface area (Å²) in [6.07, 6.45) is 5.15. The van der Waals surface area contributed by atoms with E-state index in [4.69, 9.17) is 0 Å². The monoisotopic (exact) mass is 474 g/mol. The van der Waals surface area contributed by atoms with Crippen LogP contribution in [0, 0.1) is 0 Å². The summed E-state index contributed by atoms with van der Waals surface area (Å²) in [5.74, 6) is -0.870. The summed E-state index contributed by atoms with van der Waals surface area (Å²) >= 11 is 0. The van der Waals surface area contributed by atoms with Crippen LogP contribution in [0.4, 0.5) is 0 Å². The van der Waals surface area contributed by atoms with Crippen molar-refractivity contribution < 1.29 is 20.9 Å². The number of nitrogens with zero attached hydrogens (tertiary/aromatic N) is 3. The molecule has 182 valence electrons. The maximum Gasteiger partial charge on any atom is 0.255 e. The Labute approximate surface area is 205 Å². The van der Waals surface area contributed by atoms with E-state index in [2.05, 4.69) is 39.5 Å². The summed E-state index contributed by atoms with van der Waals surface area (Å²) in [5.41, 5.74) is 3.70. The lowest BCUT2D eigenvalue weighted by Gasteiger charge is -2.29. The highest BCUT2D eigenvalue weighted by molar-refractivity contribution is 6.05. The van der Waals surface area contributed by atoms with Gasteiger partial charge in [-0.05, 0) is 73.8 Å². The summed E-state index contributed by atoms with van der Waals surface area (Å²) < 4.78 is 0. The third-order valence-electron chi connectivity index (χ3n) is 6.78. The van der Waals surface area contributed by atoms with E-state index in [0.29, 0.717) is 17.5 Å². The summed E-state index contributed by atoms with van der Waals surface area (Å²) in [6.45, 7) is 3.86. The van der Waals surface area contributed by atoms with Crippen LogP contribution in [-0.4, -0.2) is 56.7 Å². The molecule has 0 radical (unpaired) electrons. The second-order valence-electron chi connectivity index (χ2n) is 9.26. The number of carbonyl (C=O) groups excluding carboxylic acids is 3. The van der Waals surface area contributed by atoms with Crippen LogP contribution in [-0.2, 0) is 22.7 Å². The van der Waals surface area contributed by atoms with Gasteiger partial charge in [0.05, 0.1) is 5.52 Å². The average Bonchev–Trinajstić information content (AvgIpc) is 3.47. The van der Waals surface area contributed by atoms with Gasteiger partial charge in [-0.1, -0.05) is 18.2 Å². The molecule has 3 aliphatic rings. The standard InChI is InChI=1S/C14H16N2.C13H12N2O4.H2/c1-2-9-16(8-1)11-12-5-6-13-4-3-7-15-14(13)10-12;16-8-1-2-9-7(5-8)6-15(13(9)19)10-3-4-11(17)14-12(10)18;/h3-7,10H,1-2,8-9,11H2;1-2,5,10,16H,3-4,6H2,(H,14,17,18);1H. The van der Waals surface area contributed by atoms with Crippen molar-refractivity contribution in [3.63, 3.8) is 0 Å². The number of imide groups is 1. The molecular formula is C27H30N4O4. The van der Waals surface area contributed by atoms with Gasteiger partial charge in [-0.15, -0.1) is 0 Å². The Kier molecular flexibility index (Phi) is 6.46. The Hall–Kier alpha value is -3.78. The Morgan fingerprint density at radius 1 is 1.06 bits per heavy atom. The fourth-order valence-electron chi connectivity index (χ4n) is 4.97. The second kappa shape index (κ2) is 9.84. The van der Waals surface area contributed by atoms with Gasteiger partial charge in [-0.25, -0.2) is 0 Å². The van der Waals surface area contributed by atoms with Crippen molar-refractivity contribution in [1.29, 1.82) is 0 Å². The number of likely N-dealkylation sites (tertiary alicyclic amines) is 1. The fourth-order valence-corrected chi connectivity index (χ4v) is 4.97. The highest BCUT2D eigenvalue weighted by Gasteiger charge is 2.39. The van der Waals surface area contributed by atoms with E-state index in [0.717, 1.165) is 12.1 Å². The van der Waals surface area contributed by atoms with Crippen LogP contribution >= 0.6 is 0 Å². The molecule has 8 heteroatoms. The Bertz CT molecular complexity index is 1290. The molecule has 2 aromatic carbocycles. The van der Waals surface area contributed by atoms with Crippen molar-refractivity contribution in [2.75, 3.05) is 13.1 Å². The predicted molar refractivity (Wildman–Crippen MR) is 133 cm³/mol. The van der Waals surface area contributed by atoms with Gasteiger partial charge in [-0.3, -0.25) is 29.6 Å². The molecule has 6 rings (SSSR count). The largest absolute Gasteiger partial charge is 0.508 e. The first-order valence-corrected chi connectivity index (χ1v) is 12.0. The summed E-state index contributed by atoms with van der Waals surface area (Å²) in [5, 5.41) is 12.9. The van der Waals surface area contributed by atoms with Crippen molar-refractivity contribution in [2.24, 2.45) is 0 Å². The number of phenolic OH excluding ortho intramolecular Hbond substituents is 1. The molecule has 3 aliphatic heterocycles. The number of carbonyl (C=O) groups is 3. The predicted octanol–water partition coefficient (Wildman–Crippen LogP) is 3.23. The van der Waals surface area contributed by atoms with Gasteiger partial charge in [0.25, 0.3) is 5.91 Å². The van der Waals surface area contributed by atoms with Crippen LogP contribution in [0.5, 0.6) is 5.75 Å². The molecule has 3 amide bonds. The number of hydrogen-bond donors (Lipinski definition) is 2. The van der Waals surface area contributed by atoms with Crippen LogP contribution in [0.15, 0.2) is 54.7 Å². The number of piperidine rings is 1. The molecule has 2 N–H and O–H groups in total. The third kappa shape index (κ3) is 5.02. The number of nitrogens with one attached hydrogen (secondary N) is 1. The number of hydrogen-bond acceptors (Lipinski definition) is 6. The zero-order valence-electron chi connectivity index (χ0n) is 19.4. The van der Waals surface area contributed by atoms with Crippen molar-refractivity contribution in [1.82, 2.24) is 20.1 Å². The number of phenols is 1. The lowest BCUT2D eigenvalue weighted by Crippen LogP contribution is -2.52. The molecule has 4 heterocycles. The summed E-state index contributed by atoms with van der Waals surface area (Å²) in [4.78, 5) is 43.5. The van der Waals surface area contributed by atoms with Crippen LogP contribution in [0.25, 0.3) is 10.9 Å². The van der Waals surface area contributed by atoms with Gasteiger partial charge in [0.15, 0.2) is 0 Å². The van der Waals surface area contributed by atoms with Crippen molar-refractivity contribution in [3.8, 4) is 5.75 Å². The van der Waals surface area contributed by atoms with Crippen LogP contribution in [0.1, 0.15) is 48.6 Å². The Balaban J connectivity index is 0.000000167. The highest BCUT2D eigenvalue weighted by Crippen LogP contribution is 2.29. The quantitative estimate of drug-likeness (QED) is 0.565. The normalized spacial score (nSPS) is 19.9. The minimum absolute atomic E-state index is 0. The lowest BCUT2D eigenvalue weighted by molar-refractivity contribution is -0.136. The van der Waals surface area contributed by atoms with Gasteiger partial charge in [0, 0.05) is 38.1 Å². The number of aromatic nitrogens is 1. The number of aromatic hydroxyl groups is 1. The average molecular weight is 475 g/mol. The Morgan fingerprint density at radius 3 is 2.69 bits per heavy atom. The first-order valence-electron chi connectivity index (χ1n) is 12.0. The molecule has 8 nitrogen and oxygen atoms in total.